The molecule has 2 atom stereocenters. The Balaban J connectivity index is 1.24. The van der Waals surface area contributed by atoms with Crippen molar-refractivity contribution in [1.82, 2.24) is 14.8 Å². The summed E-state index contributed by atoms with van der Waals surface area (Å²) in [6.45, 7) is 12.0. The first kappa shape index (κ1) is 23.8. The van der Waals surface area contributed by atoms with Crippen LogP contribution >= 0.6 is 0 Å². The number of carbonyl (C=O) groups is 1. The highest BCUT2D eigenvalue weighted by Gasteiger charge is 2.38. The molecule has 0 radical (unpaired) electrons. The maximum Gasteiger partial charge on any atom is 0.246 e. The number of carbonyl (C=O) groups excluding carboxylic acids is 1. The van der Waals surface area contributed by atoms with Crippen LogP contribution in [-0.4, -0.2) is 79.2 Å². The molecular weight excluding hydrogens is 468 g/mol. The lowest BCUT2D eigenvalue weighted by Gasteiger charge is -2.43. The van der Waals surface area contributed by atoms with Gasteiger partial charge in [0.15, 0.2) is 5.75 Å². The quantitative estimate of drug-likeness (QED) is 0.640. The SMILES string of the molecule is C=CC(=O)N1CC[C@@H](N2CC(c3cc(C#N)c4c(c3)Nc3nccc(N5CCOCC5)c3[C@H](C)O4)C2)C1. The molecule has 0 bridgehead atoms. The second kappa shape index (κ2) is 9.69. The van der Waals surface area contributed by atoms with Crippen LogP contribution in [0.25, 0.3) is 0 Å². The zero-order valence-electron chi connectivity index (χ0n) is 21.2. The molecule has 0 spiro atoms. The Morgan fingerprint density at radius 3 is 2.81 bits per heavy atom. The number of nitriles is 1. The van der Waals surface area contributed by atoms with Crippen LogP contribution in [0.15, 0.2) is 37.1 Å². The lowest BCUT2D eigenvalue weighted by molar-refractivity contribution is -0.125. The fourth-order valence-corrected chi connectivity index (χ4v) is 5.99. The summed E-state index contributed by atoms with van der Waals surface area (Å²) >= 11 is 0. The van der Waals surface area contributed by atoms with Crippen LogP contribution in [0.4, 0.5) is 17.2 Å². The second-order valence-corrected chi connectivity index (χ2v) is 10.2. The molecule has 1 N–H and O–H groups in total. The number of ether oxygens (including phenoxy) is 2. The molecule has 1 aromatic heterocycles. The smallest absolute Gasteiger partial charge is 0.246 e. The zero-order valence-corrected chi connectivity index (χ0v) is 21.2. The van der Waals surface area contributed by atoms with Crippen LogP contribution in [-0.2, 0) is 9.53 Å². The summed E-state index contributed by atoms with van der Waals surface area (Å²) in [5.74, 6) is 1.69. The summed E-state index contributed by atoms with van der Waals surface area (Å²) in [5.41, 5.74) is 4.54. The maximum absolute atomic E-state index is 12.0. The van der Waals surface area contributed by atoms with Gasteiger partial charge >= 0.3 is 0 Å². The number of fused-ring (bicyclic) bond motifs is 2. The van der Waals surface area contributed by atoms with E-state index in [2.05, 4.69) is 38.8 Å². The van der Waals surface area contributed by atoms with E-state index in [0.29, 0.717) is 36.5 Å². The Kier molecular flexibility index (Phi) is 6.22. The Hall–Kier alpha value is -3.61. The predicted molar refractivity (Wildman–Crippen MR) is 140 cm³/mol. The summed E-state index contributed by atoms with van der Waals surface area (Å²) in [7, 11) is 0. The first-order valence-electron chi connectivity index (χ1n) is 13.0. The van der Waals surface area contributed by atoms with Crippen molar-refractivity contribution in [2.45, 2.75) is 31.4 Å². The number of benzene rings is 1. The molecule has 5 heterocycles. The van der Waals surface area contributed by atoms with Crippen molar-refractivity contribution in [2.24, 2.45) is 0 Å². The number of aromatic nitrogens is 1. The van der Waals surface area contributed by atoms with E-state index in [1.165, 1.54) is 6.08 Å². The molecule has 192 valence electrons. The first-order valence-corrected chi connectivity index (χ1v) is 13.0. The number of hydrogen-bond donors (Lipinski definition) is 1. The Morgan fingerprint density at radius 1 is 1.24 bits per heavy atom. The van der Waals surface area contributed by atoms with Crippen molar-refractivity contribution in [3.8, 4) is 11.8 Å². The Bertz CT molecular complexity index is 1260. The number of amides is 1. The van der Waals surface area contributed by atoms with Gasteiger partial charge in [-0.3, -0.25) is 9.69 Å². The molecule has 0 saturated carbocycles. The molecule has 3 fully saturated rings. The number of morpholine rings is 1. The number of pyridine rings is 1. The van der Waals surface area contributed by atoms with Crippen LogP contribution in [0.5, 0.6) is 5.75 Å². The molecule has 4 aliphatic heterocycles. The third kappa shape index (κ3) is 4.30. The van der Waals surface area contributed by atoms with E-state index in [-0.39, 0.29) is 12.0 Å². The summed E-state index contributed by atoms with van der Waals surface area (Å²) in [6.07, 6.45) is 3.94. The highest BCUT2D eigenvalue weighted by Crippen LogP contribution is 2.45. The van der Waals surface area contributed by atoms with E-state index < -0.39 is 0 Å². The van der Waals surface area contributed by atoms with E-state index in [4.69, 9.17) is 9.47 Å². The highest BCUT2D eigenvalue weighted by atomic mass is 16.5. The second-order valence-electron chi connectivity index (χ2n) is 10.2. The van der Waals surface area contributed by atoms with Crippen molar-refractivity contribution in [3.05, 3.63) is 53.7 Å². The van der Waals surface area contributed by atoms with Crippen molar-refractivity contribution < 1.29 is 14.3 Å². The van der Waals surface area contributed by atoms with Crippen LogP contribution in [0.1, 0.15) is 42.1 Å². The van der Waals surface area contributed by atoms with Crippen molar-refractivity contribution in [1.29, 1.82) is 5.26 Å². The Morgan fingerprint density at radius 2 is 2.05 bits per heavy atom. The molecular formula is C28H32N6O3. The van der Waals surface area contributed by atoms with Gasteiger partial charge in [-0.2, -0.15) is 5.26 Å². The molecule has 0 unspecified atom stereocenters. The van der Waals surface area contributed by atoms with Gasteiger partial charge < -0.3 is 24.6 Å². The fraction of sp³-hybridized carbons (Fsp3) is 0.464. The largest absolute Gasteiger partial charge is 0.482 e. The Labute approximate surface area is 217 Å². The lowest BCUT2D eigenvalue weighted by Crippen LogP contribution is -2.51. The fourth-order valence-electron chi connectivity index (χ4n) is 5.99. The van der Waals surface area contributed by atoms with Crippen LogP contribution in [0.2, 0.25) is 0 Å². The van der Waals surface area contributed by atoms with Crippen molar-refractivity contribution in [3.63, 3.8) is 0 Å². The highest BCUT2D eigenvalue weighted by molar-refractivity contribution is 5.87. The number of hydrogen-bond acceptors (Lipinski definition) is 8. The van der Waals surface area contributed by atoms with Gasteiger partial charge in [0.2, 0.25) is 5.91 Å². The summed E-state index contributed by atoms with van der Waals surface area (Å²) in [5, 5.41) is 13.5. The number of likely N-dealkylation sites (tertiary alicyclic amines) is 2. The molecule has 9 heteroatoms. The summed E-state index contributed by atoms with van der Waals surface area (Å²) in [6, 6.07) is 8.87. The van der Waals surface area contributed by atoms with E-state index in [0.717, 1.165) is 74.0 Å². The molecule has 6 rings (SSSR count). The molecule has 1 aromatic carbocycles. The number of nitrogens with one attached hydrogen (secondary N) is 1. The standard InChI is InChI=1S/C28H32N6O3/c1-3-25(35)33-7-5-22(17-33)34-15-21(16-34)19-12-20(14-29)27-23(13-19)31-28-26(18(2)37-27)24(4-6-30-28)32-8-10-36-11-9-32/h3-4,6,12-13,18,21-22H,1,5,7-11,15-17H2,2H3,(H,30,31)/t18-,22+/m0/s1. The minimum atomic E-state index is -0.268. The van der Waals surface area contributed by atoms with Gasteiger partial charge in [0, 0.05) is 63.1 Å². The van der Waals surface area contributed by atoms with Gasteiger partial charge in [-0.15, -0.1) is 0 Å². The number of nitrogens with zero attached hydrogens (tertiary/aromatic N) is 5. The minimum absolute atomic E-state index is 0.00922. The monoisotopic (exact) mass is 500 g/mol. The van der Waals surface area contributed by atoms with Crippen LogP contribution in [0, 0.1) is 11.3 Å². The third-order valence-electron chi connectivity index (χ3n) is 8.05. The van der Waals surface area contributed by atoms with Gasteiger partial charge in [0.1, 0.15) is 18.0 Å². The molecule has 9 nitrogen and oxygen atoms in total. The average Bonchev–Trinajstić information content (AvgIpc) is 3.32. The lowest BCUT2D eigenvalue weighted by atomic mass is 9.88. The van der Waals surface area contributed by atoms with Gasteiger partial charge in [-0.1, -0.05) is 6.58 Å². The van der Waals surface area contributed by atoms with Crippen LogP contribution < -0.4 is 15.0 Å². The van der Waals surface area contributed by atoms with E-state index in [1.54, 1.807) is 0 Å². The topological polar surface area (TPSA) is 94.0 Å². The van der Waals surface area contributed by atoms with Crippen molar-refractivity contribution >= 4 is 23.1 Å². The average molecular weight is 501 g/mol. The molecule has 3 saturated heterocycles. The molecule has 37 heavy (non-hydrogen) atoms. The number of anilines is 3. The molecule has 0 aliphatic carbocycles. The number of rotatable bonds is 4. The van der Waals surface area contributed by atoms with Crippen molar-refractivity contribution in [2.75, 3.05) is 62.7 Å². The normalized spacial score (nSPS) is 23.6. The van der Waals surface area contributed by atoms with E-state index in [1.807, 2.05) is 30.2 Å². The third-order valence-corrected chi connectivity index (χ3v) is 8.05. The maximum atomic E-state index is 12.0. The minimum Gasteiger partial charge on any atom is -0.482 e. The molecule has 4 aliphatic rings. The molecule has 2 aromatic rings. The predicted octanol–water partition coefficient (Wildman–Crippen LogP) is 3.17. The summed E-state index contributed by atoms with van der Waals surface area (Å²) < 4.78 is 12.0. The van der Waals surface area contributed by atoms with E-state index >= 15 is 0 Å². The van der Waals surface area contributed by atoms with E-state index in [9.17, 15) is 10.1 Å². The molecule has 1 amide bonds. The van der Waals surface area contributed by atoms with Gasteiger partial charge in [0.05, 0.1) is 30.0 Å². The first-order chi connectivity index (χ1) is 18.1. The zero-order chi connectivity index (χ0) is 25.5. The van der Waals surface area contributed by atoms with Crippen LogP contribution in [0.3, 0.4) is 0 Å². The van der Waals surface area contributed by atoms with Gasteiger partial charge in [0.25, 0.3) is 0 Å². The van der Waals surface area contributed by atoms with Gasteiger partial charge in [-0.05, 0) is 43.2 Å². The van der Waals surface area contributed by atoms with Gasteiger partial charge in [-0.25, -0.2) is 4.98 Å². The summed E-state index contributed by atoms with van der Waals surface area (Å²) in [4.78, 5) is 23.2.